The van der Waals surface area contributed by atoms with E-state index in [-0.39, 0.29) is 11.7 Å². The third-order valence-corrected chi connectivity index (χ3v) is 3.38. The summed E-state index contributed by atoms with van der Waals surface area (Å²) in [5, 5.41) is 6.93. The van der Waals surface area contributed by atoms with Crippen molar-refractivity contribution in [3.63, 3.8) is 0 Å². The molecule has 0 aromatic heterocycles. The van der Waals surface area contributed by atoms with Gasteiger partial charge >= 0.3 is 0 Å². The minimum absolute atomic E-state index is 0.0926. The van der Waals surface area contributed by atoms with E-state index in [4.69, 9.17) is 23.2 Å². The summed E-state index contributed by atoms with van der Waals surface area (Å²) in [6.07, 6.45) is 0.311. The van der Waals surface area contributed by atoms with Crippen LogP contribution < -0.4 is 10.6 Å². The van der Waals surface area contributed by atoms with E-state index in [1.54, 1.807) is 30.3 Å². The van der Waals surface area contributed by atoms with Gasteiger partial charge in [0.2, 0.25) is 5.91 Å². The summed E-state index contributed by atoms with van der Waals surface area (Å²) in [7, 11) is 0. The third kappa shape index (κ3) is 5.54. The number of hydrogen-bond acceptors (Lipinski definition) is 2. The highest BCUT2D eigenvalue weighted by Crippen LogP contribution is 2.22. The summed E-state index contributed by atoms with van der Waals surface area (Å²) < 4.78 is 12.8. The number of rotatable bonds is 6. The first-order chi connectivity index (χ1) is 10.5. The zero-order valence-electron chi connectivity index (χ0n) is 11.7. The van der Waals surface area contributed by atoms with Crippen LogP contribution in [-0.2, 0) is 11.3 Å². The maximum atomic E-state index is 12.8. The lowest BCUT2D eigenvalue weighted by Crippen LogP contribution is -2.24. The van der Waals surface area contributed by atoms with E-state index in [0.717, 1.165) is 11.3 Å². The van der Waals surface area contributed by atoms with Crippen LogP contribution >= 0.6 is 23.2 Å². The van der Waals surface area contributed by atoms with Gasteiger partial charge in [-0.15, -0.1) is 0 Å². The Labute approximate surface area is 138 Å². The molecule has 6 heteroatoms. The summed E-state index contributed by atoms with van der Waals surface area (Å²) in [5.41, 5.74) is 1.62. The number of anilines is 1. The molecule has 2 aromatic carbocycles. The number of nitrogens with one attached hydrogen (secondary N) is 2. The Balaban J connectivity index is 1.72. The van der Waals surface area contributed by atoms with Crippen molar-refractivity contribution in [1.82, 2.24) is 5.32 Å². The molecule has 0 aliphatic heterocycles. The molecule has 2 aromatic rings. The van der Waals surface area contributed by atoms with Crippen LogP contribution in [0.4, 0.5) is 10.1 Å². The minimum Gasteiger partial charge on any atom is -0.384 e. The van der Waals surface area contributed by atoms with Gasteiger partial charge in [0.05, 0.1) is 0 Å². The molecule has 0 atom stereocenters. The van der Waals surface area contributed by atoms with Gasteiger partial charge < -0.3 is 10.6 Å². The largest absolute Gasteiger partial charge is 0.384 e. The topological polar surface area (TPSA) is 41.1 Å². The fourth-order valence-corrected chi connectivity index (χ4v) is 2.39. The van der Waals surface area contributed by atoms with Gasteiger partial charge in [-0.25, -0.2) is 4.39 Å². The maximum Gasteiger partial charge on any atom is 0.222 e. The van der Waals surface area contributed by atoms with Gasteiger partial charge in [-0.2, -0.15) is 0 Å². The van der Waals surface area contributed by atoms with E-state index in [2.05, 4.69) is 10.6 Å². The van der Waals surface area contributed by atoms with E-state index >= 15 is 0 Å². The summed E-state index contributed by atoms with van der Waals surface area (Å²) in [6, 6.07) is 11.1. The molecule has 0 bridgehead atoms. The van der Waals surface area contributed by atoms with Crippen LogP contribution in [0.5, 0.6) is 0 Å². The fraction of sp³-hybridized carbons (Fsp3) is 0.188. The Hall–Kier alpha value is -1.78. The highest BCUT2D eigenvalue weighted by molar-refractivity contribution is 6.35. The molecule has 0 spiro atoms. The second kappa shape index (κ2) is 8.01. The van der Waals surface area contributed by atoms with Crippen molar-refractivity contribution < 1.29 is 9.18 Å². The zero-order valence-corrected chi connectivity index (χ0v) is 13.2. The van der Waals surface area contributed by atoms with Crippen molar-refractivity contribution in [2.75, 3.05) is 11.9 Å². The van der Waals surface area contributed by atoms with E-state index in [1.807, 2.05) is 0 Å². The summed E-state index contributed by atoms with van der Waals surface area (Å²) in [6.45, 7) is 0.841. The number of amides is 1. The Bertz CT molecular complexity index is 627. The van der Waals surface area contributed by atoms with Crippen LogP contribution in [0.1, 0.15) is 12.0 Å². The number of benzene rings is 2. The summed E-state index contributed by atoms with van der Waals surface area (Å²) in [5.74, 6) is -0.385. The van der Waals surface area contributed by atoms with E-state index in [9.17, 15) is 9.18 Å². The number of hydrogen-bond donors (Lipinski definition) is 2. The smallest absolute Gasteiger partial charge is 0.222 e. The first-order valence-electron chi connectivity index (χ1n) is 6.74. The van der Waals surface area contributed by atoms with Crippen molar-refractivity contribution in [2.45, 2.75) is 13.0 Å². The first kappa shape index (κ1) is 16.6. The monoisotopic (exact) mass is 340 g/mol. The Morgan fingerprint density at radius 1 is 1.05 bits per heavy atom. The third-order valence-electron chi connectivity index (χ3n) is 2.95. The fourth-order valence-electron chi connectivity index (χ4n) is 1.87. The van der Waals surface area contributed by atoms with Gasteiger partial charge in [0, 0.05) is 35.2 Å². The Morgan fingerprint density at radius 3 is 2.32 bits per heavy atom. The van der Waals surface area contributed by atoms with E-state index < -0.39 is 0 Å². The lowest BCUT2D eigenvalue weighted by molar-refractivity contribution is -0.121. The van der Waals surface area contributed by atoms with Crippen molar-refractivity contribution in [3.8, 4) is 0 Å². The highest BCUT2D eigenvalue weighted by Gasteiger charge is 2.03. The lowest BCUT2D eigenvalue weighted by atomic mass is 10.2. The van der Waals surface area contributed by atoms with Crippen molar-refractivity contribution in [3.05, 3.63) is 63.9 Å². The average molecular weight is 341 g/mol. The molecular weight excluding hydrogens is 326 g/mol. The molecular formula is C16H15Cl2FN2O. The molecule has 1 amide bonds. The molecule has 0 radical (unpaired) electrons. The Morgan fingerprint density at radius 2 is 1.68 bits per heavy atom. The molecule has 0 fully saturated rings. The molecule has 116 valence electrons. The van der Waals surface area contributed by atoms with Gasteiger partial charge in [-0.05, 0) is 35.9 Å². The SMILES string of the molecule is O=C(CCNc1cc(Cl)cc(Cl)c1)NCc1ccc(F)cc1. The van der Waals surface area contributed by atoms with E-state index in [1.165, 1.54) is 12.1 Å². The van der Waals surface area contributed by atoms with Crippen molar-refractivity contribution >= 4 is 34.8 Å². The molecule has 2 rings (SSSR count). The molecule has 2 N–H and O–H groups in total. The quantitative estimate of drug-likeness (QED) is 0.825. The summed E-state index contributed by atoms with van der Waals surface area (Å²) >= 11 is 11.8. The van der Waals surface area contributed by atoms with Crippen LogP contribution in [-0.4, -0.2) is 12.5 Å². The lowest BCUT2D eigenvalue weighted by Gasteiger charge is -2.08. The molecule has 0 heterocycles. The molecule has 0 saturated carbocycles. The van der Waals surface area contributed by atoms with E-state index in [0.29, 0.717) is 29.6 Å². The van der Waals surface area contributed by atoms with Gasteiger partial charge in [0.25, 0.3) is 0 Å². The van der Waals surface area contributed by atoms with Gasteiger partial charge in [-0.3, -0.25) is 4.79 Å². The maximum absolute atomic E-state index is 12.8. The molecule has 0 aliphatic carbocycles. The molecule has 22 heavy (non-hydrogen) atoms. The van der Waals surface area contributed by atoms with Crippen molar-refractivity contribution in [1.29, 1.82) is 0 Å². The van der Waals surface area contributed by atoms with Crippen LogP contribution in [0.2, 0.25) is 10.0 Å². The van der Waals surface area contributed by atoms with Gasteiger partial charge in [0.15, 0.2) is 0 Å². The second-order valence-electron chi connectivity index (χ2n) is 4.74. The summed E-state index contributed by atoms with van der Waals surface area (Å²) in [4.78, 5) is 11.7. The predicted octanol–water partition coefficient (Wildman–Crippen LogP) is 4.25. The van der Waals surface area contributed by atoms with Gasteiger partial charge in [0.1, 0.15) is 5.82 Å². The molecule has 0 unspecified atom stereocenters. The predicted molar refractivity (Wildman–Crippen MR) is 87.8 cm³/mol. The average Bonchev–Trinajstić information content (AvgIpc) is 2.46. The standard InChI is InChI=1S/C16H15Cl2FN2O/c17-12-7-13(18)9-15(8-12)20-6-5-16(22)21-10-11-1-3-14(19)4-2-11/h1-4,7-9,20H,5-6,10H2,(H,21,22). The number of halogens is 3. The zero-order chi connectivity index (χ0) is 15.9. The van der Waals surface area contributed by atoms with Crippen LogP contribution in [0.15, 0.2) is 42.5 Å². The van der Waals surface area contributed by atoms with Crippen LogP contribution in [0, 0.1) is 5.82 Å². The first-order valence-corrected chi connectivity index (χ1v) is 7.49. The van der Waals surface area contributed by atoms with Gasteiger partial charge in [-0.1, -0.05) is 35.3 Å². The van der Waals surface area contributed by atoms with Crippen LogP contribution in [0.3, 0.4) is 0 Å². The molecule has 0 aliphatic rings. The minimum atomic E-state index is -0.292. The van der Waals surface area contributed by atoms with Crippen LogP contribution in [0.25, 0.3) is 0 Å². The van der Waals surface area contributed by atoms with Crippen molar-refractivity contribution in [2.24, 2.45) is 0 Å². The second-order valence-corrected chi connectivity index (χ2v) is 5.61. The Kier molecular flexibility index (Phi) is 6.04. The molecule has 3 nitrogen and oxygen atoms in total. The number of carbonyl (C=O) groups is 1. The molecule has 0 saturated heterocycles. The highest BCUT2D eigenvalue weighted by atomic mass is 35.5. The normalized spacial score (nSPS) is 10.3. The number of carbonyl (C=O) groups excluding carboxylic acids is 1.